The molecule has 0 unspecified atom stereocenters. The molecule has 4 heteroatoms. The summed E-state index contributed by atoms with van der Waals surface area (Å²) in [5, 5.41) is 2.77. The van der Waals surface area contributed by atoms with Crippen molar-refractivity contribution >= 4 is 12.4 Å². The summed E-state index contributed by atoms with van der Waals surface area (Å²) in [5.74, 6) is 0. The molecule has 0 aliphatic carbocycles. The van der Waals surface area contributed by atoms with Gasteiger partial charge in [0.05, 0.1) is 6.04 Å². The molecule has 1 heterocycles. The van der Waals surface area contributed by atoms with Gasteiger partial charge in [-0.25, -0.2) is 8.78 Å². The van der Waals surface area contributed by atoms with Gasteiger partial charge in [0.25, 0.3) is 6.43 Å². The lowest BCUT2D eigenvalue weighted by molar-refractivity contribution is 0.0852. The zero-order chi connectivity index (χ0) is 6.69. The minimum Gasteiger partial charge on any atom is -0.309 e. The lowest BCUT2D eigenvalue weighted by Crippen LogP contribution is -2.39. The van der Waals surface area contributed by atoms with Gasteiger partial charge in [0.15, 0.2) is 0 Å². The molecule has 0 aromatic carbocycles. The van der Waals surface area contributed by atoms with Crippen molar-refractivity contribution in [3.63, 3.8) is 0 Å². The van der Waals surface area contributed by atoms with Crippen molar-refractivity contribution in [1.82, 2.24) is 5.32 Å². The number of hydrogen-bond donors (Lipinski definition) is 1. The Bertz CT molecular complexity index is 83.8. The zero-order valence-electron chi connectivity index (χ0n) is 5.65. The number of piperidine rings is 1. The van der Waals surface area contributed by atoms with E-state index in [4.69, 9.17) is 0 Å². The van der Waals surface area contributed by atoms with Gasteiger partial charge >= 0.3 is 0 Å². The van der Waals surface area contributed by atoms with E-state index in [2.05, 4.69) is 5.32 Å². The standard InChI is InChI=1S/C6H11F2N.ClH/c7-6(8)5-3-1-2-4-9-5;/h5-6,9H,1-4H2;1H/t5-;/m1./s1. The first kappa shape index (κ1) is 10.1. The molecule has 0 aromatic heterocycles. The second kappa shape index (κ2) is 4.85. The second-order valence-electron chi connectivity index (χ2n) is 2.39. The van der Waals surface area contributed by atoms with Gasteiger partial charge < -0.3 is 5.32 Å². The number of halogens is 3. The molecule has 62 valence electrons. The molecule has 1 aliphatic rings. The summed E-state index contributed by atoms with van der Waals surface area (Å²) >= 11 is 0. The normalized spacial score (nSPS) is 26.1. The Labute approximate surface area is 65.6 Å². The summed E-state index contributed by atoms with van der Waals surface area (Å²) in [5.41, 5.74) is 0. The summed E-state index contributed by atoms with van der Waals surface area (Å²) in [6.45, 7) is 0.759. The number of nitrogens with one attached hydrogen (secondary N) is 1. The van der Waals surface area contributed by atoms with Crippen molar-refractivity contribution in [3.8, 4) is 0 Å². The molecule has 1 fully saturated rings. The molecule has 1 atom stereocenters. The van der Waals surface area contributed by atoms with Gasteiger partial charge in [-0.15, -0.1) is 12.4 Å². The highest BCUT2D eigenvalue weighted by Crippen LogP contribution is 2.12. The lowest BCUT2D eigenvalue weighted by atomic mass is 10.1. The Morgan fingerprint density at radius 1 is 1.30 bits per heavy atom. The highest BCUT2D eigenvalue weighted by molar-refractivity contribution is 5.85. The highest BCUT2D eigenvalue weighted by Gasteiger charge is 2.21. The summed E-state index contributed by atoms with van der Waals surface area (Å²) in [6.07, 6.45) is 0.452. The Morgan fingerprint density at radius 2 is 2.00 bits per heavy atom. The zero-order valence-corrected chi connectivity index (χ0v) is 6.46. The Morgan fingerprint density at radius 3 is 2.30 bits per heavy atom. The Kier molecular flexibility index (Phi) is 4.91. The SMILES string of the molecule is Cl.FC(F)[C@H]1CCCCN1. The fourth-order valence-electron chi connectivity index (χ4n) is 1.09. The molecule has 1 N–H and O–H groups in total. The summed E-state index contributed by atoms with van der Waals surface area (Å²) in [6, 6.07) is -0.529. The van der Waals surface area contributed by atoms with Crippen molar-refractivity contribution < 1.29 is 8.78 Å². The van der Waals surface area contributed by atoms with E-state index in [1.54, 1.807) is 0 Å². The molecule has 1 nitrogen and oxygen atoms in total. The monoisotopic (exact) mass is 171 g/mol. The third-order valence-electron chi connectivity index (χ3n) is 1.65. The lowest BCUT2D eigenvalue weighted by Gasteiger charge is -2.21. The van der Waals surface area contributed by atoms with Gasteiger partial charge in [-0.2, -0.15) is 0 Å². The molecule has 0 saturated carbocycles. The molecule has 0 aromatic rings. The minimum atomic E-state index is -2.18. The van der Waals surface area contributed by atoms with E-state index in [1.807, 2.05) is 0 Å². The topological polar surface area (TPSA) is 12.0 Å². The molecule has 10 heavy (non-hydrogen) atoms. The second-order valence-corrected chi connectivity index (χ2v) is 2.39. The van der Waals surface area contributed by atoms with E-state index in [1.165, 1.54) is 0 Å². The van der Waals surface area contributed by atoms with Crippen LogP contribution in [-0.2, 0) is 0 Å². The van der Waals surface area contributed by atoms with Gasteiger partial charge in [0.1, 0.15) is 0 Å². The number of alkyl halides is 2. The van der Waals surface area contributed by atoms with Crippen LogP contribution in [0.15, 0.2) is 0 Å². The van der Waals surface area contributed by atoms with Gasteiger partial charge in [-0.1, -0.05) is 6.42 Å². The van der Waals surface area contributed by atoms with Crippen LogP contribution >= 0.6 is 12.4 Å². The average molecular weight is 172 g/mol. The van der Waals surface area contributed by atoms with Crippen molar-refractivity contribution in [3.05, 3.63) is 0 Å². The van der Waals surface area contributed by atoms with Crippen LogP contribution in [0.3, 0.4) is 0 Å². The van der Waals surface area contributed by atoms with Crippen LogP contribution < -0.4 is 5.32 Å². The van der Waals surface area contributed by atoms with Crippen LogP contribution in [0.2, 0.25) is 0 Å². The van der Waals surface area contributed by atoms with Crippen molar-refractivity contribution in [2.75, 3.05) is 6.54 Å². The van der Waals surface area contributed by atoms with Crippen LogP contribution in [0.1, 0.15) is 19.3 Å². The first-order valence-corrected chi connectivity index (χ1v) is 3.32. The van der Waals surface area contributed by atoms with Crippen LogP contribution in [0.4, 0.5) is 8.78 Å². The maximum atomic E-state index is 11.9. The van der Waals surface area contributed by atoms with Crippen LogP contribution in [0.25, 0.3) is 0 Å². The molecule has 0 bridgehead atoms. The van der Waals surface area contributed by atoms with E-state index in [0.717, 1.165) is 19.4 Å². The predicted octanol–water partition coefficient (Wildman–Crippen LogP) is 1.82. The van der Waals surface area contributed by atoms with Gasteiger partial charge in [0.2, 0.25) is 0 Å². The molecule has 1 rings (SSSR count). The Hall–Kier alpha value is 0.110. The molecular formula is C6H12ClF2N. The van der Waals surface area contributed by atoms with Crippen LogP contribution in [-0.4, -0.2) is 19.0 Å². The molecule has 1 saturated heterocycles. The smallest absolute Gasteiger partial charge is 0.253 e. The van der Waals surface area contributed by atoms with E-state index < -0.39 is 12.5 Å². The molecule has 0 radical (unpaired) electrons. The largest absolute Gasteiger partial charge is 0.309 e. The fraction of sp³-hybridized carbons (Fsp3) is 1.00. The van der Waals surface area contributed by atoms with Gasteiger partial charge in [-0.05, 0) is 19.4 Å². The van der Waals surface area contributed by atoms with Gasteiger partial charge in [0, 0.05) is 0 Å². The molecular weight excluding hydrogens is 160 g/mol. The van der Waals surface area contributed by atoms with E-state index in [-0.39, 0.29) is 12.4 Å². The number of hydrogen-bond acceptors (Lipinski definition) is 1. The first-order chi connectivity index (χ1) is 4.30. The highest BCUT2D eigenvalue weighted by atomic mass is 35.5. The van der Waals surface area contributed by atoms with E-state index in [9.17, 15) is 8.78 Å². The van der Waals surface area contributed by atoms with Crippen molar-refractivity contribution in [2.45, 2.75) is 31.7 Å². The molecule has 0 spiro atoms. The van der Waals surface area contributed by atoms with Gasteiger partial charge in [-0.3, -0.25) is 0 Å². The van der Waals surface area contributed by atoms with Crippen LogP contribution in [0, 0.1) is 0 Å². The maximum absolute atomic E-state index is 11.9. The maximum Gasteiger partial charge on any atom is 0.253 e. The van der Waals surface area contributed by atoms with Crippen molar-refractivity contribution in [2.24, 2.45) is 0 Å². The van der Waals surface area contributed by atoms with E-state index >= 15 is 0 Å². The number of rotatable bonds is 1. The Balaban J connectivity index is 0.000000810. The molecule has 1 aliphatic heterocycles. The van der Waals surface area contributed by atoms with E-state index in [0.29, 0.717) is 6.42 Å². The fourth-order valence-corrected chi connectivity index (χ4v) is 1.09. The minimum absolute atomic E-state index is 0. The predicted molar refractivity (Wildman–Crippen MR) is 38.9 cm³/mol. The summed E-state index contributed by atoms with van der Waals surface area (Å²) in [7, 11) is 0. The quantitative estimate of drug-likeness (QED) is 0.635. The third-order valence-corrected chi connectivity index (χ3v) is 1.65. The molecule has 0 amide bonds. The summed E-state index contributed by atoms with van der Waals surface area (Å²) in [4.78, 5) is 0. The average Bonchev–Trinajstić information content (AvgIpc) is 1.90. The van der Waals surface area contributed by atoms with Crippen molar-refractivity contribution in [1.29, 1.82) is 0 Å². The summed E-state index contributed by atoms with van der Waals surface area (Å²) < 4.78 is 23.7. The first-order valence-electron chi connectivity index (χ1n) is 3.32. The van der Waals surface area contributed by atoms with Crippen LogP contribution in [0.5, 0.6) is 0 Å². The third kappa shape index (κ3) is 2.80.